The molecule has 1 amide bonds. The zero-order valence-corrected chi connectivity index (χ0v) is 16.9. The predicted octanol–water partition coefficient (Wildman–Crippen LogP) is 5.64. The van der Waals surface area contributed by atoms with Gasteiger partial charge in [0.05, 0.1) is 11.4 Å². The number of para-hydroxylation sites is 1. The summed E-state index contributed by atoms with van der Waals surface area (Å²) in [5.74, 6) is 1.40. The van der Waals surface area contributed by atoms with Crippen LogP contribution in [0.15, 0.2) is 85.1 Å². The maximum atomic E-state index is 12.3. The maximum absolute atomic E-state index is 12.3. The fourth-order valence-corrected chi connectivity index (χ4v) is 3.62. The van der Waals surface area contributed by atoms with Crippen molar-refractivity contribution in [3.8, 4) is 11.5 Å². The number of benzene rings is 2. The number of amides is 1. The Labute approximate surface area is 173 Å². The summed E-state index contributed by atoms with van der Waals surface area (Å²) < 4.78 is 11.5. The van der Waals surface area contributed by atoms with Gasteiger partial charge in [-0.05, 0) is 52.3 Å². The van der Waals surface area contributed by atoms with Crippen LogP contribution in [0.3, 0.4) is 0 Å². The molecule has 6 nitrogen and oxygen atoms in total. The normalized spacial score (nSPS) is 10.8. The molecule has 0 saturated carbocycles. The molecule has 0 atom stereocenters. The molecule has 0 saturated heterocycles. The van der Waals surface area contributed by atoms with Crippen LogP contribution < -0.4 is 5.32 Å². The van der Waals surface area contributed by atoms with Gasteiger partial charge in [0.2, 0.25) is 11.8 Å². The molecular weight excluding hydrogens is 442 g/mol. The first-order valence-corrected chi connectivity index (χ1v) is 10.1. The van der Waals surface area contributed by atoms with E-state index in [0.29, 0.717) is 27.9 Å². The van der Waals surface area contributed by atoms with E-state index in [2.05, 4.69) is 31.4 Å². The first kappa shape index (κ1) is 18.5. The van der Waals surface area contributed by atoms with Gasteiger partial charge in [-0.1, -0.05) is 30.3 Å². The van der Waals surface area contributed by atoms with Crippen LogP contribution in [0, 0.1) is 0 Å². The molecule has 28 heavy (non-hydrogen) atoms. The Morgan fingerprint density at radius 3 is 2.54 bits per heavy atom. The Morgan fingerprint density at radius 2 is 1.75 bits per heavy atom. The number of aromatic nitrogens is 2. The Bertz CT molecular complexity index is 1090. The summed E-state index contributed by atoms with van der Waals surface area (Å²) in [5, 5.41) is 11.1. The highest BCUT2D eigenvalue weighted by Gasteiger charge is 2.14. The van der Waals surface area contributed by atoms with Gasteiger partial charge in [-0.3, -0.25) is 4.79 Å². The monoisotopic (exact) mass is 455 g/mol. The summed E-state index contributed by atoms with van der Waals surface area (Å²) >= 11 is 4.70. The Balaban J connectivity index is 1.44. The van der Waals surface area contributed by atoms with Crippen LogP contribution in [0.5, 0.6) is 0 Å². The summed E-state index contributed by atoms with van der Waals surface area (Å²) in [5.41, 5.74) is 1.57. The highest BCUT2D eigenvalue weighted by Crippen LogP contribution is 2.30. The van der Waals surface area contributed by atoms with Crippen molar-refractivity contribution in [1.29, 1.82) is 0 Å². The quantitative estimate of drug-likeness (QED) is 0.379. The molecule has 0 radical (unpaired) electrons. The van der Waals surface area contributed by atoms with Crippen LogP contribution in [-0.4, -0.2) is 16.1 Å². The van der Waals surface area contributed by atoms with Gasteiger partial charge in [0.25, 0.3) is 5.91 Å². The number of nitrogens with one attached hydrogen (secondary N) is 1. The summed E-state index contributed by atoms with van der Waals surface area (Å²) in [6.07, 6.45) is 0. The van der Waals surface area contributed by atoms with Crippen molar-refractivity contribution in [2.75, 3.05) is 5.32 Å². The largest absolute Gasteiger partial charge is 0.444 e. The van der Waals surface area contributed by atoms with Gasteiger partial charge in [-0.2, -0.15) is 0 Å². The number of hydrogen-bond acceptors (Lipinski definition) is 6. The van der Waals surface area contributed by atoms with Crippen LogP contribution in [0.1, 0.15) is 16.4 Å². The Kier molecular flexibility index (Phi) is 5.59. The van der Waals surface area contributed by atoms with E-state index in [9.17, 15) is 4.79 Å². The standard InChI is InChI=1S/C20H14BrN3O3S/c21-17-11-10-15(26-17)19(25)22-14-8-4-5-9-16(14)28-12-18-23-24-20(27-18)13-6-2-1-3-7-13/h1-11H,12H2,(H,22,25). The average molecular weight is 456 g/mol. The fourth-order valence-electron chi connectivity index (χ4n) is 2.46. The topological polar surface area (TPSA) is 81.2 Å². The first-order valence-electron chi connectivity index (χ1n) is 8.35. The third kappa shape index (κ3) is 4.35. The smallest absolute Gasteiger partial charge is 0.291 e. The van der Waals surface area contributed by atoms with Gasteiger partial charge >= 0.3 is 0 Å². The third-order valence-electron chi connectivity index (χ3n) is 3.77. The lowest BCUT2D eigenvalue weighted by Gasteiger charge is -2.08. The minimum Gasteiger partial charge on any atom is -0.444 e. The molecule has 0 fully saturated rings. The summed E-state index contributed by atoms with van der Waals surface area (Å²) in [6.45, 7) is 0. The minimum atomic E-state index is -0.317. The number of halogens is 1. The first-order chi connectivity index (χ1) is 13.7. The van der Waals surface area contributed by atoms with Crippen LogP contribution >= 0.6 is 27.7 Å². The van der Waals surface area contributed by atoms with Crippen molar-refractivity contribution in [2.45, 2.75) is 10.6 Å². The molecule has 0 aliphatic rings. The Hall–Kier alpha value is -2.84. The highest BCUT2D eigenvalue weighted by molar-refractivity contribution is 9.10. The highest BCUT2D eigenvalue weighted by atomic mass is 79.9. The van der Waals surface area contributed by atoms with Gasteiger partial charge in [-0.15, -0.1) is 22.0 Å². The second-order valence-electron chi connectivity index (χ2n) is 5.71. The van der Waals surface area contributed by atoms with E-state index in [-0.39, 0.29) is 11.7 Å². The molecular formula is C20H14BrN3O3S. The molecule has 0 aliphatic heterocycles. The van der Waals surface area contributed by atoms with E-state index in [4.69, 9.17) is 8.83 Å². The van der Waals surface area contributed by atoms with E-state index in [1.165, 1.54) is 11.8 Å². The lowest BCUT2D eigenvalue weighted by molar-refractivity contribution is 0.0995. The van der Waals surface area contributed by atoms with Gasteiger partial charge in [-0.25, -0.2) is 0 Å². The van der Waals surface area contributed by atoms with Gasteiger partial charge in [0, 0.05) is 10.5 Å². The number of carbonyl (C=O) groups excluding carboxylic acids is 1. The fraction of sp³-hybridized carbons (Fsp3) is 0.0500. The van der Waals surface area contributed by atoms with Crippen LogP contribution in [0.4, 0.5) is 5.69 Å². The van der Waals surface area contributed by atoms with Crippen molar-refractivity contribution >= 4 is 39.3 Å². The molecule has 2 heterocycles. The molecule has 1 N–H and O–H groups in total. The van der Waals surface area contributed by atoms with E-state index < -0.39 is 0 Å². The molecule has 0 unspecified atom stereocenters. The second-order valence-corrected chi connectivity index (χ2v) is 7.51. The SMILES string of the molecule is O=C(Nc1ccccc1SCc1nnc(-c2ccccc2)o1)c1ccc(Br)o1. The average Bonchev–Trinajstić information content (AvgIpc) is 3.37. The lowest BCUT2D eigenvalue weighted by atomic mass is 10.2. The van der Waals surface area contributed by atoms with E-state index in [1.807, 2.05) is 54.6 Å². The van der Waals surface area contributed by atoms with Crippen molar-refractivity contribution in [3.05, 3.63) is 83.1 Å². The molecule has 0 spiro atoms. The molecule has 2 aromatic carbocycles. The number of carbonyl (C=O) groups is 1. The summed E-state index contributed by atoms with van der Waals surface area (Å²) in [7, 11) is 0. The summed E-state index contributed by atoms with van der Waals surface area (Å²) in [4.78, 5) is 13.2. The van der Waals surface area contributed by atoms with Crippen LogP contribution in [0.25, 0.3) is 11.5 Å². The van der Waals surface area contributed by atoms with Gasteiger partial charge in [0.15, 0.2) is 10.4 Å². The maximum Gasteiger partial charge on any atom is 0.291 e. The number of nitrogens with zero attached hydrogens (tertiary/aromatic N) is 2. The molecule has 0 aliphatic carbocycles. The lowest BCUT2D eigenvalue weighted by Crippen LogP contribution is -2.11. The zero-order chi connectivity index (χ0) is 19.3. The number of rotatable bonds is 6. The number of thioether (sulfide) groups is 1. The van der Waals surface area contributed by atoms with Crippen molar-refractivity contribution in [1.82, 2.24) is 10.2 Å². The third-order valence-corrected chi connectivity index (χ3v) is 5.26. The summed E-state index contributed by atoms with van der Waals surface area (Å²) in [6, 6.07) is 20.4. The molecule has 4 aromatic rings. The zero-order valence-electron chi connectivity index (χ0n) is 14.5. The van der Waals surface area contributed by atoms with Crippen molar-refractivity contribution < 1.29 is 13.6 Å². The molecule has 4 rings (SSSR count). The Morgan fingerprint density at radius 1 is 0.964 bits per heavy atom. The number of furan rings is 1. The van der Waals surface area contributed by atoms with Crippen molar-refractivity contribution in [3.63, 3.8) is 0 Å². The predicted molar refractivity (Wildman–Crippen MR) is 110 cm³/mol. The van der Waals surface area contributed by atoms with E-state index in [1.54, 1.807) is 12.1 Å². The molecule has 140 valence electrons. The minimum absolute atomic E-state index is 0.232. The number of hydrogen-bond donors (Lipinski definition) is 1. The van der Waals surface area contributed by atoms with Crippen molar-refractivity contribution in [2.24, 2.45) is 0 Å². The van der Waals surface area contributed by atoms with Crippen LogP contribution in [0.2, 0.25) is 0 Å². The molecule has 0 bridgehead atoms. The van der Waals surface area contributed by atoms with E-state index in [0.717, 1.165) is 10.5 Å². The molecule has 8 heteroatoms. The van der Waals surface area contributed by atoms with Gasteiger partial charge < -0.3 is 14.2 Å². The molecule has 2 aromatic heterocycles. The van der Waals surface area contributed by atoms with E-state index >= 15 is 0 Å². The second kappa shape index (κ2) is 8.45. The number of anilines is 1. The van der Waals surface area contributed by atoms with Gasteiger partial charge in [0.1, 0.15) is 0 Å². The van der Waals surface area contributed by atoms with Crippen LogP contribution in [-0.2, 0) is 5.75 Å².